The van der Waals surface area contributed by atoms with Gasteiger partial charge in [0.2, 0.25) is 16.6 Å². The number of hydrogen-bond donors (Lipinski definition) is 2. The molecule has 7 nitrogen and oxygen atoms in total. The lowest BCUT2D eigenvalue weighted by molar-refractivity contribution is -0.490. The van der Waals surface area contributed by atoms with Crippen molar-refractivity contribution in [3.63, 3.8) is 0 Å². The van der Waals surface area contributed by atoms with Gasteiger partial charge in [0.1, 0.15) is 0 Å². The van der Waals surface area contributed by atoms with Gasteiger partial charge in [-0.05, 0) is 17.7 Å². The molecule has 0 fully saturated rings. The lowest BCUT2D eigenvalue weighted by Gasteiger charge is -2.26. The van der Waals surface area contributed by atoms with E-state index in [1.807, 2.05) is 0 Å². The summed E-state index contributed by atoms with van der Waals surface area (Å²) in [4.78, 5) is 10.0. The van der Waals surface area contributed by atoms with Gasteiger partial charge in [0, 0.05) is 10.3 Å². The third-order valence-electron chi connectivity index (χ3n) is 2.77. The summed E-state index contributed by atoms with van der Waals surface area (Å²) in [5, 5.41) is 25.3. The predicted molar refractivity (Wildman–Crippen MR) is 72.2 cm³/mol. The van der Waals surface area contributed by atoms with Crippen molar-refractivity contribution in [2.45, 2.75) is 10.3 Å². The minimum atomic E-state index is -3.90. The molecule has 1 rings (SSSR count). The normalized spacial score (nSPS) is 14.9. The number of nitro groups is 1. The van der Waals surface area contributed by atoms with Crippen LogP contribution in [-0.2, 0) is 15.4 Å². The highest BCUT2D eigenvalue weighted by Gasteiger charge is 2.37. The Bertz CT molecular complexity index is 571. The number of halogens is 1. The second-order valence-electron chi connectivity index (χ2n) is 4.14. The molecule has 106 valence electrons. The molecule has 0 radical (unpaired) electrons. The molecule has 0 aromatic heterocycles. The van der Waals surface area contributed by atoms with Gasteiger partial charge >= 0.3 is 0 Å². The fraction of sp³-hybridized carbons (Fsp3) is 0.400. The molecule has 0 amide bonds. The number of nitrogens with two attached hydrogens (primary N) is 1. The summed E-state index contributed by atoms with van der Waals surface area (Å²) >= 11 is 3.13. The highest BCUT2D eigenvalue weighted by atomic mass is 79.9. The van der Waals surface area contributed by atoms with Crippen molar-refractivity contribution in [2.24, 2.45) is 5.14 Å². The van der Waals surface area contributed by atoms with Gasteiger partial charge in [0.25, 0.3) is 0 Å². The first-order valence-corrected chi connectivity index (χ1v) is 7.84. The van der Waals surface area contributed by atoms with Gasteiger partial charge < -0.3 is 5.11 Å². The van der Waals surface area contributed by atoms with E-state index < -0.39 is 33.5 Å². The Morgan fingerprint density at radius 1 is 1.47 bits per heavy atom. The van der Waals surface area contributed by atoms with Gasteiger partial charge in [0.15, 0.2) is 0 Å². The number of nitrogens with zero attached hydrogens (tertiary/aromatic N) is 1. The standard InChI is InChI=1S/C10H13BrN2O5S/c11-5-10(7-14,6-13(15)16)8-2-1-3-9(4-8)19(12,17)18/h1-4,14H,5-7H2,(H2,12,17,18). The third-order valence-corrected chi connectivity index (χ3v) is 4.75. The summed E-state index contributed by atoms with van der Waals surface area (Å²) in [6.07, 6.45) is 0. The number of benzene rings is 1. The zero-order valence-corrected chi connectivity index (χ0v) is 12.2. The number of primary sulfonamides is 1. The molecule has 19 heavy (non-hydrogen) atoms. The lowest BCUT2D eigenvalue weighted by atomic mass is 9.83. The molecule has 0 heterocycles. The molecule has 9 heteroatoms. The van der Waals surface area contributed by atoms with E-state index in [0.29, 0.717) is 5.56 Å². The highest BCUT2D eigenvalue weighted by Crippen LogP contribution is 2.28. The maximum Gasteiger partial charge on any atom is 0.238 e. The Kier molecular flexibility index (Phi) is 5.02. The fourth-order valence-corrected chi connectivity index (χ4v) is 2.88. The Morgan fingerprint density at radius 3 is 2.53 bits per heavy atom. The second-order valence-corrected chi connectivity index (χ2v) is 6.26. The van der Waals surface area contributed by atoms with Gasteiger partial charge in [-0.1, -0.05) is 28.1 Å². The minimum Gasteiger partial charge on any atom is -0.395 e. The lowest BCUT2D eigenvalue weighted by Crippen LogP contribution is -2.40. The Labute approximate surface area is 118 Å². The van der Waals surface area contributed by atoms with Crippen LogP contribution >= 0.6 is 15.9 Å². The maximum atomic E-state index is 11.3. The van der Waals surface area contributed by atoms with Gasteiger partial charge in [0.05, 0.1) is 16.9 Å². The van der Waals surface area contributed by atoms with Crippen LogP contribution in [0.2, 0.25) is 0 Å². The molecule has 0 saturated heterocycles. The van der Waals surface area contributed by atoms with Crippen LogP contribution in [0.25, 0.3) is 0 Å². The van der Waals surface area contributed by atoms with Crippen molar-refractivity contribution in [1.29, 1.82) is 0 Å². The average molecular weight is 353 g/mol. The van der Waals surface area contributed by atoms with E-state index in [1.54, 1.807) is 0 Å². The molecule has 0 spiro atoms. The van der Waals surface area contributed by atoms with E-state index in [4.69, 9.17) is 5.14 Å². The van der Waals surface area contributed by atoms with Crippen LogP contribution in [0.15, 0.2) is 29.2 Å². The summed E-state index contributed by atoms with van der Waals surface area (Å²) in [5.74, 6) is 0. The molecule has 1 unspecified atom stereocenters. The topological polar surface area (TPSA) is 124 Å². The van der Waals surface area contributed by atoms with E-state index in [-0.39, 0.29) is 10.2 Å². The fourth-order valence-electron chi connectivity index (χ4n) is 1.64. The van der Waals surface area contributed by atoms with E-state index in [2.05, 4.69) is 15.9 Å². The predicted octanol–water partition coefficient (Wildman–Crippen LogP) is 0.236. The second kappa shape index (κ2) is 5.95. The van der Waals surface area contributed by atoms with Crippen LogP contribution in [0.1, 0.15) is 5.56 Å². The van der Waals surface area contributed by atoms with E-state index >= 15 is 0 Å². The molecule has 3 N–H and O–H groups in total. The van der Waals surface area contributed by atoms with Gasteiger partial charge in [-0.3, -0.25) is 10.1 Å². The molecule has 1 atom stereocenters. The van der Waals surface area contributed by atoms with Crippen molar-refractivity contribution in [2.75, 3.05) is 18.5 Å². The Hall–Kier alpha value is -1.03. The van der Waals surface area contributed by atoms with Crippen molar-refractivity contribution < 1.29 is 18.4 Å². The molecular weight excluding hydrogens is 340 g/mol. The van der Waals surface area contributed by atoms with Crippen LogP contribution < -0.4 is 5.14 Å². The largest absolute Gasteiger partial charge is 0.395 e. The molecule has 0 saturated carbocycles. The molecule has 0 aliphatic rings. The van der Waals surface area contributed by atoms with Crippen LogP contribution in [0.4, 0.5) is 0 Å². The van der Waals surface area contributed by atoms with Crippen molar-refractivity contribution in [1.82, 2.24) is 0 Å². The molecule has 1 aromatic carbocycles. The number of hydrogen-bond acceptors (Lipinski definition) is 5. The summed E-state index contributed by atoms with van der Waals surface area (Å²) in [6, 6.07) is 5.50. The van der Waals surface area contributed by atoms with Crippen LogP contribution in [0.3, 0.4) is 0 Å². The summed E-state index contributed by atoms with van der Waals surface area (Å²) in [7, 11) is -3.90. The summed E-state index contributed by atoms with van der Waals surface area (Å²) in [5.41, 5.74) is -0.848. The first-order valence-electron chi connectivity index (χ1n) is 5.17. The molecule has 1 aromatic rings. The zero-order chi connectivity index (χ0) is 14.7. The van der Waals surface area contributed by atoms with Crippen LogP contribution in [-0.4, -0.2) is 36.9 Å². The van der Waals surface area contributed by atoms with E-state index in [0.717, 1.165) is 0 Å². The number of rotatable bonds is 6. The number of aliphatic hydroxyl groups excluding tert-OH is 1. The maximum absolute atomic E-state index is 11.3. The summed E-state index contributed by atoms with van der Waals surface area (Å²) in [6.45, 7) is -1.02. The van der Waals surface area contributed by atoms with Gasteiger partial charge in [-0.2, -0.15) is 0 Å². The first-order chi connectivity index (χ1) is 8.75. The Morgan fingerprint density at radius 2 is 2.11 bits per heavy atom. The molecular formula is C10H13BrN2O5S. The van der Waals surface area contributed by atoms with Gasteiger partial charge in [-0.15, -0.1) is 0 Å². The van der Waals surface area contributed by atoms with Crippen LogP contribution in [0, 0.1) is 10.1 Å². The smallest absolute Gasteiger partial charge is 0.238 e. The SMILES string of the molecule is NS(=O)(=O)c1cccc(C(CO)(CBr)C[N+](=O)[O-])c1. The van der Waals surface area contributed by atoms with Crippen molar-refractivity contribution in [3.05, 3.63) is 39.9 Å². The monoisotopic (exact) mass is 352 g/mol. The quantitative estimate of drug-likeness (QED) is 0.431. The number of sulfonamides is 1. The average Bonchev–Trinajstić information content (AvgIpc) is 2.35. The van der Waals surface area contributed by atoms with Gasteiger partial charge in [-0.25, -0.2) is 13.6 Å². The number of aliphatic hydroxyl groups is 1. The van der Waals surface area contributed by atoms with E-state index in [1.165, 1.54) is 24.3 Å². The number of alkyl halides is 1. The third kappa shape index (κ3) is 3.72. The zero-order valence-electron chi connectivity index (χ0n) is 9.82. The summed E-state index contributed by atoms with van der Waals surface area (Å²) < 4.78 is 22.6. The van der Waals surface area contributed by atoms with E-state index in [9.17, 15) is 23.6 Å². The van der Waals surface area contributed by atoms with Crippen LogP contribution in [0.5, 0.6) is 0 Å². The molecule has 0 aliphatic heterocycles. The van der Waals surface area contributed by atoms with Crippen molar-refractivity contribution in [3.8, 4) is 0 Å². The molecule has 0 bridgehead atoms. The molecule has 0 aliphatic carbocycles. The van der Waals surface area contributed by atoms with Crippen molar-refractivity contribution >= 4 is 26.0 Å². The first kappa shape index (κ1) is 16.0. The Balaban J connectivity index is 3.35. The highest BCUT2D eigenvalue weighted by molar-refractivity contribution is 9.09. The minimum absolute atomic E-state index is 0.117.